The van der Waals surface area contributed by atoms with Gasteiger partial charge in [0.25, 0.3) is 0 Å². The molecular weight excluding hydrogens is 244 g/mol. The summed E-state index contributed by atoms with van der Waals surface area (Å²) in [6.45, 7) is 0.573. The van der Waals surface area contributed by atoms with E-state index in [0.29, 0.717) is 13.0 Å². The van der Waals surface area contributed by atoms with E-state index in [1.807, 2.05) is 18.2 Å². The number of hydrogen-bond donors (Lipinski definition) is 3. The van der Waals surface area contributed by atoms with E-state index in [4.69, 9.17) is 9.84 Å². The van der Waals surface area contributed by atoms with Crippen molar-refractivity contribution in [3.8, 4) is 5.75 Å². The summed E-state index contributed by atoms with van der Waals surface area (Å²) in [5.74, 6) is 0.891. The number of benzene rings is 1. The monoisotopic (exact) mass is 264 g/mol. The van der Waals surface area contributed by atoms with Gasteiger partial charge >= 0.3 is 6.03 Å². The number of aliphatic hydroxyl groups excluding tert-OH is 1. The highest BCUT2D eigenvalue weighted by atomic mass is 16.5. The van der Waals surface area contributed by atoms with E-state index in [1.165, 1.54) is 5.56 Å². The van der Waals surface area contributed by atoms with Crippen LogP contribution >= 0.6 is 0 Å². The van der Waals surface area contributed by atoms with Crippen molar-refractivity contribution in [2.75, 3.05) is 20.3 Å². The lowest BCUT2D eigenvalue weighted by Crippen LogP contribution is -2.38. The summed E-state index contributed by atoms with van der Waals surface area (Å²) in [5, 5.41) is 14.4. The molecule has 2 rings (SSSR count). The highest BCUT2D eigenvalue weighted by Crippen LogP contribution is 2.36. The molecule has 1 aromatic carbocycles. The molecular formula is C14H20N2O3. The largest absolute Gasteiger partial charge is 0.496 e. The number of methoxy groups -OCH3 is 1. The average Bonchev–Trinajstić information content (AvgIpc) is 2.82. The molecule has 0 bridgehead atoms. The van der Waals surface area contributed by atoms with E-state index in [1.54, 1.807) is 7.11 Å². The van der Waals surface area contributed by atoms with Crippen molar-refractivity contribution in [2.45, 2.75) is 25.3 Å². The zero-order valence-electron chi connectivity index (χ0n) is 11.1. The molecule has 0 aliphatic heterocycles. The Labute approximate surface area is 113 Å². The van der Waals surface area contributed by atoms with Crippen LogP contribution in [0.2, 0.25) is 0 Å². The molecule has 1 aromatic rings. The number of hydrogen-bond acceptors (Lipinski definition) is 3. The van der Waals surface area contributed by atoms with Gasteiger partial charge in [0.1, 0.15) is 5.75 Å². The molecule has 0 saturated carbocycles. The molecule has 1 atom stereocenters. The summed E-state index contributed by atoms with van der Waals surface area (Å²) in [6.07, 6.45) is 2.38. The minimum atomic E-state index is -0.186. The normalized spacial score (nSPS) is 16.8. The van der Waals surface area contributed by atoms with Crippen molar-refractivity contribution in [1.82, 2.24) is 10.6 Å². The fourth-order valence-corrected chi connectivity index (χ4v) is 2.45. The van der Waals surface area contributed by atoms with Gasteiger partial charge in [0.15, 0.2) is 0 Å². The fourth-order valence-electron chi connectivity index (χ4n) is 2.45. The smallest absolute Gasteiger partial charge is 0.315 e. The van der Waals surface area contributed by atoms with E-state index in [-0.39, 0.29) is 18.7 Å². The Bertz CT molecular complexity index is 448. The third-order valence-corrected chi connectivity index (χ3v) is 3.37. The maximum absolute atomic E-state index is 11.7. The summed E-state index contributed by atoms with van der Waals surface area (Å²) in [5.41, 5.74) is 2.32. The van der Waals surface area contributed by atoms with Crippen molar-refractivity contribution >= 4 is 6.03 Å². The van der Waals surface area contributed by atoms with Gasteiger partial charge in [-0.25, -0.2) is 4.79 Å². The van der Waals surface area contributed by atoms with E-state index in [0.717, 1.165) is 24.2 Å². The Kier molecular flexibility index (Phi) is 4.63. The third-order valence-electron chi connectivity index (χ3n) is 3.37. The van der Waals surface area contributed by atoms with Gasteiger partial charge in [-0.1, -0.05) is 12.1 Å². The van der Waals surface area contributed by atoms with E-state index < -0.39 is 0 Å². The van der Waals surface area contributed by atoms with Gasteiger partial charge in [0.05, 0.1) is 13.2 Å². The van der Waals surface area contributed by atoms with Crippen LogP contribution in [0.1, 0.15) is 30.0 Å². The second-order valence-corrected chi connectivity index (χ2v) is 4.60. The SMILES string of the molecule is COc1cccc2c1CCC2NC(=O)NCCCO. The number of carbonyl (C=O) groups excluding carboxylic acids is 1. The predicted octanol–water partition coefficient (Wildman–Crippen LogP) is 1.36. The van der Waals surface area contributed by atoms with Gasteiger partial charge in [0, 0.05) is 13.2 Å². The predicted molar refractivity (Wildman–Crippen MR) is 72.3 cm³/mol. The molecule has 0 spiro atoms. The van der Waals surface area contributed by atoms with Crippen molar-refractivity contribution in [2.24, 2.45) is 0 Å². The summed E-state index contributed by atoms with van der Waals surface area (Å²) in [6, 6.07) is 5.78. The molecule has 19 heavy (non-hydrogen) atoms. The van der Waals surface area contributed by atoms with Crippen LogP contribution in [0.3, 0.4) is 0 Å². The number of nitrogens with one attached hydrogen (secondary N) is 2. The van der Waals surface area contributed by atoms with Crippen molar-refractivity contribution in [3.05, 3.63) is 29.3 Å². The van der Waals surface area contributed by atoms with Gasteiger partial charge in [0.2, 0.25) is 0 Å². The van der Waals surface area contributed by atoms with Crippen LogP contribution in [-0.2, 0) is 6.42 Å². The Morgan fingerprint density at radius 3 is 3.11 bits per heavy atom. The van der Waals surface area contributed by atoms with Gasteiger partial charge in [-0.15, -0.1) is 0 Å². The number of amides is 2. The van der Waals surface area contributed by atoms with Crippen molar-refractivity contribution in [3.63, 3.8) is 0 Å². The average molecular weight is 264 g/mol. The first kappa shape index (κ1) is 13.7. The summed E-state index contributed by atoms with van der Waals surface area (Å²) in [4.78, 5) is 11.7. The van der Waals surface area contributed by atoms with Crippen LogP contribution < -0.4 is 15.4 Å². The van der Waals surface area contributed by atoms with Gasteiger partial charge in [-0.3, -0.25) is 0 Å². The maximum Gasteiger partial charge on any atom is 0.315 e. The number of urea groups is 1. The molecule has 5 heteroatoms. The highest BCUT2D eigenvalue weighted by Gasteiger charge is 2.26. The van der Waals surface area contributed by atoms with Crippen molar-refractivity contribution < 1.29 is 14.6 Å². The lowest BCUT2D eigenvalue weighted by atomic mass is 10.1. The van der Waals surface area contributed by atoms with Gasteiger partial charge < -0.3 is 20.5 Å². The molecule has 1 aliphatic carbocycles. The minimum Gasteiger partial charge on any atom is -0.496 e. The molecule has 3 N–H and O–H groups in total. The Morgan fingerprint density at radius 2 is 2.37 bits per heavy atom. The number of rotatable bonds is 5. The highest BCUT2D eigenvalue weighted by molar-refractivity contribution is 5.74. The van der Waals surface area contributed by atoms with Crippen LogP contribution in [0, 0.1) is 0 Å². The summed E-state index contributed by atoms with van der Waals surface area (Å²) in [7, 11) is 1.66. The number of fused-ring (bicyclic) bond motifs is 1. The van der Waals surface area contributed by atoms with Crippen LogP contribution in [0.5, 0.6) is 5.75 Å². The molecule has 2 amide bonds. The molecule has 0 radical (unpaired) electrons. The third kappa shape index (κ3) is 3.17. The molecule has 1 unspecified atom stereocenters. The van der Waals surface area contributed by atoms with E-state index >= 15 is 0 Å². The Balaban J connectivity index is 1.97. The molecule has 1 aliphatic rings. The summed E-state index contributed by atoms with van der Waals surface area (Å²) >= 11 is 0. The molecule has 0 saturated heterocycles. The molecule has 0 aromatic heterocycles. The van der Waals surface area contributed by atoms with Crippen LogP contribution in [0.4, 0.5) is 4.79 Å². The Hall–Kier alpha value is -1.75. The minimum absolute atomic E-state index is 0.0410. The quantitative estimate of drug-likeness (QED) is 0.703. The molecule has 0 heterocycles. The van der Waals surface area contributed by atoms with E-state index in [9.17, 15) is 4.79 Å². The van der Waals surface area contributed by atoms with Crippen molar-refractivity contribution in [1.29, 1.82) is 0 Å². The van der Waals surface area contributed by atoms with Gasteiger partial charge in [-0.2, -0.15) is 0 Å². The first-order valence-electron chi connectivity index (χ1n) is 6.57. The lowest BCUT2D eigenvalue weighted by molar-refractivity contribution is 0.234. The molecule has 5 nitrogen and oxygen atoms in total. The zero-order valence-corrected chi connectivity index (χ0v) is 11.1. The number of ether oxygens (including phenoxy) is 1. The number of aliphatic hydroxyl groups is 1. The van der Waals surface area contributed by atoms with Crippen LogP contribution in [-0.4, -0.2) is 31.4 Å². The molecule has 104 valence electrons. The number of carbonyl (C=O) groups is 1. The first-order chi connectivity index (χ1) is 9.26. The topological polar surface area (TPSA) is 70.6 Å². The maximum atomic E-state index is 11.7. The lowest BCUT2D eigenvalue weighted by Gasteiger charge is -2.15. The van der Waals surface area contributed by atoms with Crippen LogP contribution in [0.15, 0.2) is 18.2 Å². The van der Waals surface area contributed by atoms with E-state index in [2.05, 4.69) is 10.6 Å². The van der Waals surface area contributed by atoms with Gasteiger partial charge in [-0.05, 0) is 36.5 Å². The fraction of sp³-hybridized carbons (Fsp3) is 0.500. The molecule has 0 fully saturated rings. The first-order valence-corrected chi connectivity index (χ1v) is 6.57. The standard InChI is InChI=1S/C14H20N2O3/c1-19-13-5-2-4-10-11(13)6-7-12(10)16-14(18)15-8-3-9-17/h2,4-5,12,17H,3,6-9H2,1H3,(H2,15,16,18). The Morgan fingerprint density at radius 1 is 1.53 bits per heavy atom. The van der Waals surface area contributed by atoms with Crippen LogP contribution in [0.25, 0.3) is 0 Å². The second-order valence-electron chi connectivity index (χ2n) is 4.60. The zero-order chi connectivity index (χ0) is 13.7. The second kappa shape index (κ2) is 6.43. The summed E-state index contributed by atoms with van der Waals surface area (Å²) < 4.78 is 5.33.